The van der Waals surface area contributed by atoms with Crippen LogP contribution in [0.2, 0.25) is 0 Å². The van der Waals surface area contributed by atoms with Crippen molar-refractivity contribution in [2.24, 2.45) is 7.05 Å². The largest absolute Gasteiger partial charge is 0.466 e. The van der Waals surface area contributed by atoms with E-state index in [9.17, 15) is 14.4 Å². The van der Waals surface area contributed by atoms with Crippen molar-refractivity contribution < 1.29 is 9.53 Å². The van der Waals surface area contributed by atoms with Gasteiger partial charge in [0.1, 0.15) is 4.47 Å². The number of esters is 1. The second-order valence-electron chi connectivity index (χ2n) is 3.89. The lowest BCUT2D eigenvalue weighted by molar-refractivity contribution is -0.141. The van der Waals surface area contributed by atoms with Crippen molar-refractivity contribution in [2.75, 3.05) is 6.61 Å². The van der Waals surface area contributed by atoms with E-state index >= 15 is 0 Å². The Morgan fingerprint density at radius 3 is 2.53 bits per heavy atom. The Bertz CT molecular complexity index is 592. The molecule has 6 nitrogen and oxygen atoms in total. The molecule has 0 aliphatic rings. The van der Waals surface area contributed by atoms with E-state index in [0.717, 1.165) is 4.57 Å². The van der Waals surface area contributed by atoms with E-state index < -0.39 is 0 Å². The van der Waals surface area contributed by atoms with Crippen LogP contribution in [0.4, 0.5) is 0 Å². The van der Waals surface area contributed by atoms with Gasteiger partial charge < -0.3 is 4.74 Å². The maximum atomic E-state index is 12.0. The smallest absolute Gasteiger partial charge is 0.331 e. The second-order valence-corrected chi connectivity index (χ2v) is 5.24. The number of aromatic nitrogens is 2. The van der Waals surface area contributed by atoms with Gasteiger partial charge in [-0.3, -0.25) is 18.7 Å². The first-order valence-electron chi connectivity index (χ1n) is 5.57. The average Bonchev–Trinajstić information content (AvgIpc) is 2.37. The molecular formula is C11H14Br2N2O4. The normalized spacial score (nSPS) is 10.5. The Kier molecular flexibility index (Phi) is 5.99. The third kappa shape index (κ3) is 3.79. The summed E-state index contributed by atoms with van der Waals surface area (Å²) in [7, 11) is 1.43. The highest BCUT2D eigenvalue weighted by Gasteiger charge is 2.14. The summed E-state index contributed by atoms with van der Waals surface area (Å²) < 4.78 is 7.71. The zero-order chi connectivity index (χ0) is 14.6. The van der Waals surface area contributed by atoms with Gasteiger partial charge in [-0.15, -0.1) is 0 Å². The molecule has 0 saturated heterocycles. The molecule has 106 valence electrons. The lowest BCUT2D eigenvalue weighted by atomic mass is 10.3. The minimum absolute atomic E-state index is 0.240. The van der Waals surface area contributed by atoms with Crippen LogP contribution in [0.15, 0.2) is 14.1 Å². The number of rotatable bonds is 5. The highest BCUT2D eigenvalue weighted by molar-refractivity contribution is 9.10. The van der Waals surface area contributed by atoms with Crippen molar-refractivity contribution >= 4 is 37.8 Å². The number of nitrogens with zero attached hydrogens (tertiary/aromatic N) is 2. The summed E-state index contributed by atoms with van der Waals surface area (Å²) in [6, 6.07) is 0. The van der Waals surface area contributed by atoms with Crippen molar-refractivity contribution in [2.45, 2.75) is 25.2 Å². The fourth-order valence-corrected chi connectivity index (χ4v) is 3.15. The molecule has 1 aromatic rings. The van der Waals surface area contributed by atoms with Gasteiger partial charge in [0.05, 0.1) is 12.3 Å². The van der Waals surface area contributed by atoms with Crippen molar-refractivity contribution in [3.63, 3.8) is 0 Å². The Balaban J connectivity index is 3.03. The van der Waals surface area contributed by atoms with Crippen LogP contribution in [0, 0.1) is 0 Å². The van der Waals surface area contributed by atoms with Crippen molar-refractivity contribution in [3.05, 3.63) is 31.0 Å². The molecule has 0 radical (unpaired) electrons. The van der Waals surface area contributed by atoms with Crippen LogP contribution in [0.3, 0.4) is 0 Å². The third-order valence-electron chi connectivity index (χ3n) is 2.55. The van der Waals surface area contributed by atoms with Crippen LogP contribution in [0.1, 0.15) is 19.0 Å². The van der Waals surface area contributed by atoms with Gasteiger partial charge in [0.25, 0.3) is 5.56 Å². The molecule has 0 atom stereocenters. The van der Waals surface area contributed by atoms with Crippen molar-refractivity contribution in [1.82, 2.24) is 9.13 Å². The quantitative estimate of drug-likeness (QED) is 0.424. The van der Waals surface area contributed by atoms with Gasteiger partial charge in [0, 0.05) is 25.8 Å². The monoisotopic (exact) mass is 396 g/mol. The molecule has 1 aromatic heterocycles. The zero-order valence-electron chi connectivity index (χ0n) is 10.6. The van der Waals surface area contributed by atoms with E-state index in [1.165, 1.54) is 18.5 Å². The number of ether oxygens (including phenoxy) is 1. The molecule has 0 aliphatic heterocycles. The topological polar surface area (TPSA) is 70.3 Å². The first-order chi connectivity index (χ1) is 8.90. The maximum Gasteiger partial charge on any atom is 0.331 e. The standard InChI is InChI=1S/C11H14Br2N2O4/c1-7(16)19-5-3-4-15-8(6-12)9(13)10(17)14(2)11(15)18/h3-6H2,1-2H3. The molecule has 0 bridgehead atoms. The number of alkyl halides is 1. The molecule has 1 rings (SSSR count). The molecule has 0 unspecified atom stereocenters. The van der Waals surface area contributed by atoms with Crippen molar-refractivity contribution in [3.8, 4) is 0 Å². The maximum absolute atomic E-state index is 12.0. The Labute approximate surface area is 126 Å². The second kappa shape index (κ2) is 7.04. The Morgan fingerprint density at radius 1 is 1.37 bits per heavy atom. The van der Waals surface area contributed by atoms with Gasteiger partial charge in [-0.1, -0.05) is 15.9 Å². The number of hydrogen-bond acceptors (Lipinski definition) is 4. The Morgan fingerprint density at radius 2 is 2.00 bits per heavy atom. The molecule has 0 aliphatic carbocycles. The number of carbonyl (C=O) groups is 1. The number of carbonyl (C=O) groups excluding carboxylic acids is 1. The molecule has 1 heterocycles. The molecule has 0 saturated carbocycles. The summed E-state index contributed by atoms with van der Waals surface area (Å²) in [5.41, 5.74) is -0.169. The summed E-state index contributed by atoms with van der Waals surface area (Å²) in [5.74, 6) is -0.352. The van der Waals surface area contributed by atoms with Crippen LogP contribution in [-0.4, -0.2) is 21.7 Å². The van der Waals surface area contributed by atoms with Crippen LogP contribution in [-0.2, 0) is 28.5 Å². The predicted octanol–water partition coefficient (Wildman–Crippen LogP) is 1.16. The first-order valence-corrected chi connectivity index (χ1v) is 7.49. The fraction of sp³-hybridized carbons (Fsp3) is 0.545. The zero-order valence-corrected chi connectivity index (χ0v) is 13.8. The van der Waals surface area contributed by atoms with Gasteiger partial charge in [-0.05, 0) is 22.4 Å². The van der Waals surface area contributed by atoms with E-state index in [2.05, 4.69) is 31.9 Å². The molecule has 19 heavy (non-hydrogen) atoms. The van der Waals surface area contributed by atoms with Gasteiger partial charge in [-0.25, -0.2) is 4.79 Å². The summed E-state index contributed by atoms with van der Waals surface area (Å²) in [5, 5.41) is 0.381. The molecular weight excluding hydrogens is 384 g/mol. The predicted molar refractivity (Wildman–Crippen MR) is 77.5 cm³/mol. The molecule has 0 spiro atoms. The molecule has 0 aromatic carbocycles. The lowest BCUT2D eigenvalue weighted by Crippen LogP contribution is -2.40. The van der Waals surface area contributed by atoms with E-state index in [0.29, 0.717) is 28.5 Å². The fourth-order valence-electron chi connectivity index (χ4n) is 1.57. The SMILES string of the molecule is CC(=O)OCCCn1c(CBr)c(Br)c(=O)n(C)c1=O. The first kappa shape index (κ1) is 16.2. The summed E-state index contributed by atoms with van der Waals surface area (Å²) in [6.07, 6.45) is 0.504. The molecule has 8 heteroatoms. The summed E-state index contributed by atoms with van der Waals surface area (Å²) >= 11 is 6.46. The van der Waals surface area contributed by atoms with Crippen LogP contribution in [0.5, 0.6) is 0 Å². The Hall–Kier alpha value is -0.890. The average molecular weight is 398 g/mol. The van der Waals surface area contributed by atoms with Gasteiger partial charge >= 0.3 is 11.7 Å². The van der Waals surface area contributed by atoms with Gasteiger partial charge in [0.2, 0.25) is 0 Å². The van der Waals surface area contributed by atoms with Crippen LogP contribution >= 0.6 is 31.9 Å². The number of halogens is 2. The lowest BCUT2D eigenvalue weighted by Gasteiger charge is -2.14. The molecule has 0 amide bonds. The third-order valence-corrected chi connectivity index (χ3v) is 3.88. The highest BCUT2D eigenvalue weighted by atomic mass is 79.9. The van der Waals surface area contributed by atoms with Crippen LogP contribution in [0.25, 0.3) is 0 Å². The van der Waals surface area contributed by atoms with Gasteiger partial charge in [0.15, 0.2) is 0 Å². The van der Waals surface area contributed by atoms with Crippen molar-refractivity contribution in [1.29, 1.82) is 0 Å². The minimum atomic E-state index is -0.384. The van der Waals surface area contributed by atoms with E-state index in [1.54, 1.807) is 0 Å². The number of hydrogen-bond donors (Lipinski definition) is 0. The highest BCUT2D eigenvalue weighted by Crippen LogP contribution is 2.13. The molecule has 0 N–H and O–H groups in total. The van der Waals surface area contributed by atoms with Crippen LogP contribution < -0.4 is 11.2 Å². The summed E-state index contributed by atoms with van der Waals surface area (Å²) in [6.45, 7) is 1.95. The van der Waals surface area contributed by atoms with E-state index in [1.807, 2.05) is 0 Å². The summed E-state index contributed by atoms with van der Waals surface area (Å²) in [4.78, 5) is 34.4. The van der Waals surface area contributed by atoms with E-state index in [-0.39, 0.29) is 23.8 Å². The van der Waals surface area contributed by atoms with Gasteiger partial charge in [-0.2, -0.15) is 0 Å². The van der Waals surface area contributed by atoms with E-state index in [4.69, 9.17) is 4.74 Å². The molecule has 0 fully saturated rings. The minimum Gasteiger partial charge on any atom is -0.466 e.